The molecule has 0 unspecified atom stereocenters. The van der Waals surface area contributed by atoms with Crippen LogP contribution < -0.4 is 0 Å². The first-order chi connectivity index (χ1) is 6.02. The normalized spacial score (nSPS) is 9.69. The molecule has 0 radical (unpaired) electrons. The lowest BCUT2D eigenvalue weighted by Crippen LogP contribution is -1.99. The van der Waals surface area contributed by atoms with E-state index in [4.69, 9.17) is 10.5 Å². The molecule has 0 aliphatic heterocycles. The van der Waals surface area contributed by atoms with Crippen LogP contribution in [0.25, 0.3) is 0 Å². The molecule has 0 amide bonds. The van der Waals surface area contributed by atoms with Crippen LogP contribution in [0.15, 0.2) is 22.7 Å². The van der Waals surface area contributed by atoms with Gasteiger partial charge in [0.15, 0.2) is 0 Å². The van der Waals surface area contributed by atoms with Crippen molar-refractivity contribution in [2.75, 3.05) is 0 Å². The minimum Gasteiger partial charge on any atom is -0.478 e. The smallest absolute Gasteiger partial charge is 0.336 e. The zero-order chi connectivity index (χ0) is 10.0. The van der Waals surface area contributed by atoms with Crippen LogP contribution >= 0.6 is 15.9 Å². The number of benzene rings is 1. The number of rotatable bonds is 2. The molecule has 0 spiro atoms. The zero-order valence-corrected chi connectivity index (χ0v) is 7.93. The standard InChI is InChI=1S/C8H5BrFNO2/c9-6-3-4(7(10)11)1-2-5(6)8(12)13/h1-3,11H,(H,12,13). The highest BCUT2D eigenvalue weighted by Gasteiger charge is 2.09. The van der Waals surface area contributed by atoms with Crippen molar-refractivity contribution < 1.29 is 14.3 Å². The van der Waals surface area contributed by atoms with Crippen molar-refractivity contribution in [3.05, 3.63) is 33.8 Å². The van der Waals surface area contributed by atoms with Crippen molar-refractivity contribution in [1.82, 2.24) is 0 Å². The van der Waals surface area contributed by atoms with Gasteiger partial charge >= 0.3 is 5.97 Å². The van der Waals surface area contributed by atoms with E-state index in [1.807, 2.05) is 0 Å². The van der Waals surface area contributed by atoms with Gasteiger partial charge in [0.25, 0.3) is 0 Å². The first kappa shape index (κ1) is 9.85. The summed E-state index contributed by atoms with van der Waals surface area (Å²) in [5.41, 5.74) is 0.0990. The number of carbonyl (C=O) groups is 1. The summed E-state index contributed by atoms with van der Waals surface area (Å²) in [4.78, 5) is 10.5. The number of halogens is 2. The third kappa shape index (κ3) is 2.12. The predicted octanol–water partition coefficient (Wildman–Crippen LogP) is 2.44. The molecular weight excluding hydrogens is 241 g/mol. The molecule has 1 aromatic rings. The third-order valence-corrected chi connectivity index (χ3v) is 2.11. The fraction of sp³-hybridized carbons (Fsp3) is 0. The van der Waals surface area contributed by atoms with Crippen LogP contribution in [0.4, 0.5) is 4.39 Å². The van der Waals surface area contributed by atoms with Crippen LogP contribution in [0.1, 0.15) is 15.9 Å². The van der Waals surface area contributed by atoms with Gasteiger partial charge in [-0.15, -0.1) is 0 Å². The molecule has 0 aliphatic rings. The summed E-state index contributed by atoms with van der Waals surface area (Å²) in [6, 6.07) is 3.75. The number of nitrogens with one attached hydrogen (secondary N) is 1. The van der Waals surface area contributed by atoms with Gasteiger partial charge < -0.3 is 5.11 Å². The molecule has 1 aromatic carbocycles. The summed E-state index contributed by atoms with van der Waals surface area (Å²) in [6.07, 6.45) is 0. The number of hydrogen-bond donors (Lipinski definition) is 2. The van der Waals surface area contributed by atoms with Gasteiger partial charge in [0, 0.05) is 10.0 Å². The van der Waals surface area contributed by atoms with E-state index in [9.17, 15) is 9.18 Å². The van der Waals surface area contributed by atoms with E-state index in [-0.39, 0.29) is 15.6 Å². The fourth-order valence-electron chi connectivity index (χ4n) is 0.825. The molecule has 5 heteroatoms. The predicted molar refractivity (Wildman–Crippen MR) is 49.0 cm³/mol. The van der Waals surface area contributed by atoms with E-state index < -0.39 is 11.9 Å². The van der Waals surface area contributed by atoms with E-state index in [0.29, 0.717) is 0 Å². The van der Waals surface area contributed by atoms with Crippen LogP contribution in [0.5, 0.6) is 0 Å². The Morgan fingerprint density at radius 1 is 1.54 bits per heavy atom. The lowest BCUT2D eigenvalue weighted by Gasteiger charge is -2.00. The Morgan fingerprint density at radius 2 is 2.15 bits per heavy atom. The summed E-state index contributed by atoms with van der Waals surface area (Å²) in [5.74, 6) is -2.18. The van der Waals surface area contributed by atoms with Gasteiger partial charge in [0.2, 0.25) is 5.97 Å². The average Bonchev–Trinajstić information content (AvgIpc) is 2.03. The second-order valence-electron chi connectivity index (χ2n) is 2.31. The molecule has 0 aromatic heterocycles. The minimum atomic E-state index is -1.09. The molecule has 0 atom stereocenters. The maximum Gasteiger partial charge on any atom is 0.336 e. The van der Waals surface area contributed by atoms with E-state index >= 15 is 0 Å². The highest BCUT2D eigenvalue weighted by Crippen LogP contribution is 2.19. The molecule has 0 bridgehead atoms. The number of hydrogen-bond acceptors (Lipinski definition) is 2. The van der Waals surface area contributed by atoms with Crippen molar-refractivity contribution in [2.45, 2.75) is 0 Å². The molecule has 0 heterocycles. The van der Waals surface area contributed by atoms with E-state index in [1.54, 1.807) is 0 Å². The van der Waals surface area contributed by atoms with Crippen LogP contribution in [0.3, 0.4) is 0 Å². The molecule has 68 valence electrons. The molecule has 3 nitrogen and oxygen atoms in total. The van der Waals surface area contributed by atoms with Gasteiger partial charge in [-0.3, -0.25) is 5.41 Å². The second kappa shape index (κ2) is 3.66. The number of aromatic carboxylic acids is 1. The van der Waals surface area contributed by atoms with Gasteiger partial charge in [-0.1, -0.05) is 0 Å². The van der Waals surface area contributed by atoms with Gasteiger partial charge in [-0.05, 0) is 34.1 Å². The van der Waals surface area contributed by atoms with E-state index in [1.165, 1.54) is 18.2 Å². The Labute approximate surface area is 81.8 Å². The first-order valence-corrected chi connectivity index (χ1v) is 4.09. The van der Waals surface area contributed by atoms with E-state index in [2.05, 4.69) is 15.9 Å². The van der Waals surface area contributed by atoms with Crippen LogP contribution in [0, 0.1) is 5.41 Å². The summed E-state index contributed by atoms with van der Waals surface area (Å²) in [5, 5.41) is 15.3. The summed E-state index contributed by atoms with van der Waals surface area (Å²) >= 11 is 2.97. The SMILES string of the molecule is N=C(F)c1ccc(C(=O)O)c(Br)c1. The molecular formula is C8H5BrFNO2. The van der Waals surface area contributed by atoms with Crippen molar-refractivity contribution in [3.8, 4) is 0 Å². The van der Waals surface area contributed by atoms with Crippen LogP contribution in [0.2, 0.25) is 0 Å². The number of carboxylic acids is 1. The maximum absolute atomic E-state index is 12.4. The molecule has 0 saturated heterocycles. The molecule has 13 heavy (non-hydrogen) atoms. The summed E-state index contributed by atoms with van der Waals surface area (Å²) in [6.45, 7) is 0. The van der Waals surface area contributed by atoms with Gasteiger partial charge in [-0.2, -0.15) is 4.39 Å². The van der Waals surface area contributed by atoms with Crippen LogP contribution in [-0.4, -0.2) is 17.0 Å². The maximum atomic E-state index is 12.4. The van der Waals surface area contributed by atoms with E-state index in [0.717, 1.165) is 0 Å². The largest absolute Gasteiger partial charge is 0.478 e. The Bertz CT molecular complexity index is 378. The molecule has 0 fully saturated rings. The zero-order valence-electron chi connectivity index (χ0n) is 6.34. The highest BCUT2D eigenvalue weighted by atomic mass is 79.9. The topological polar surface area (TPSA) is 61.2 Å². The summed E-state index contributed by atoms with van der Waals surface area (Å²) < 4.78 is 12.6. The Hall–Kier alpha value is -1.23. The molecule has 1 rings (SSSR count). The molecule has 0 saturated carbocycles. The van der Waals surface area contributed by atoms with Gasteiger partial charge in [-0.25, -0.2) is 4.79 Å². The quantitative estimate of drug-likeness (QED) is 0.787. The average molecular weight is 246 g/mol. The molecule has 0 aliphatic carbocycles. The third-order valence-electron chi connectivity index (χ3n) is 1.45. The fourth-order valence-corrected chi connectivity index (χ4v) is 1.37. The van der Waals surface area contributed by atoms with Gasteiger partial charge in [0.05, 0.1) is 5.56 Å². The lowest BCUT2D eigenvalue weighted by molar-refractivity contribution is 0.0696. The minimum absolute atomic E-state index is 0.0463. The lowest BCUT2D eigenvalue weighted by atomic mass is 10.1. The monoisotopic (exact) mass is 245 g/mol. The first-order valence-electron chi connectivity index (χ1n) is 3.29. The van der Waals surface area contributed by atoms with Crippen molar-refractivity contribution in [2.24, 2.45) is 0 Å². The summed E-state index contributed by atoms with van der Waals surface area (Å²) in [7, 11) is 0. The Morgan fingerprint density at radius 3 is 2.54 bits per heavy atom. The van der Waals surface area contributed by atoms with Gasteiger partial charge in [0.1, 0.15) is 0 Å². The molecule has 2 N–H and O–H groups in total. The number of carboxylic acid groups (broad SMARTS) is 1. The highest BCUT2D eigenvalue weighted by molar-refractivity contribution is 9.10. The Kier molecular flexibility index (Phi) is 2.77. The Balaban J connectivity index is 3.20. The van der Waals surface area contributed by atoms with Crippen molar-refractivity contribution >= 4 is 27.9 Å². The second-order valence-corrected chi connectivity index (χ2v) is 3.17. The van der Waals surface area contributed by atoms with Crippen molar-refractivity contribution in [1.29, 1.82) is 5.41 Å². The van der Waals surface area contributed by atoms with Crippen molar-refractivity contribution in [3.63, 3.8) is 0 Å². The van der Waals surface area contributed by atoms with Crippen LogP contribution in [-0.2, 0) is 0 Å².